The molecule has 1 spiro atoms. The van der Waals surface area contributed by atoms with Crippen LogP contribution in [0.3, 0.4) is 0 Å². The van der Waals surface area contributed by atoms with Crippen molar-refractivity contribution in [3.8, 4) is 11.5 Å². The van der Waals surface area contributed by atoms with Gasteiger partial charge in [0.05, 0.1) is 28.1 Å². The van der Waals surface area contributed by atoms with E-state index in [9.17, 15) is 21.9 Å². The van der Waals surface area contributed by atoms with Crippen LogP contribution in [0.5, 0.6) is 11.5 Å². The fraction of sp³-hybridized carbons (Fsp3) is 0.556. The van der Waals surface area contributed by atoms with Crippen molar-refractivity contribution >= 4 is 20.0 Å². The van der Waals surface area contributed by atoms with E-state index in [0.717, 1.165) is 6.42 Å². The van der Waals surface area contributed by atoms with Gasteiger partial charge in [-0.1, -0.05) is 6.07 Å². The van der Waals surface area contributed by atoms with Gasteiger partial charge in [-0.05, 0) is 76.6 Å². The number of nitrogens with zero attached hydrogens (tertiary/aromatic N) is 1. The highest BCUT2D eigenvalue weighted by Gasteiger charge is 2.44. The third-order valence-corrected chi connectivity index (χ3v) is 10.5. The zero-order valence-electron chi connectivity index (χ0n) is 23.1. The molecule has 3 N–H and O–H groups in total. The monoisotopic (exact) mass is 597 g/mol. The van der Waals surface area contributed by atoms with Gasteiger partial charge in [-0.15, -0.1) is 0 Å². The number of aliphatic hydroxyl groups is 1. The second kappa shape index (κ2) is 12.7. The van der Waals surface area contributed by atoms with Gasteiger partial charge in [0.2, 0.25) is 20.0 Å². The molecule has 2 aromatic carbocycles. The molecule has 2 aliphatic heterocycles. The van der Waals surface area contributed by atoms with Crippen molar-refractivity contribution in [2.75, 3.05) is 39.9 Å². The standard InChI is InChI=1S/C27H39N3O8S2/c1-20(2)38-23-7-9-25(10-8-23)40(34,35)30-13-11-27(12-14-30)16-21(18-37-27)29-17-22(31)19-36-24-5-4-6-26(15-24)39(32,33)28-3/h4-10,15,20-22,28-29,31H,11-14,16-19H2,1-3H3. The van der Waals surface area contributed by atoms with E-state index in [-0.39, 0.29) is 40.7 Å². The molecule has 0 aliphatic carbocycles. The second-order valence-electron chi connectivity index (χ2n) is 10.5. The largest absolute Gasteiger partial charge is 0.491 e. The lowest BCUT2D eigenvalue weighted by Gasteiger charge is -2.38. The third kappa shape index (κ3) is 7.52. The van der Waals surface area contributed by atoms with Gasteiger partial charge in [0, 0.05) is 31.7 Å². The van der Waals surface area contributed by atoms with E-state index in [1.165, 1.54) is 23.5 Å². The molecule has 2 saturated heterocycles. The van der Waals surface area contributed by atoms with Crippen molar-refractivity contribution in [2.45, 2.75) is 66.8 Å². The summed E-state index contributed by atoms with van der Waals surface area (Å²) in [5, 5.41) is 13.7. The summed E-state index contributed by atoms with van der Waals surface area (Å²) in [5.74, 6) is 0.982. The summed E-state index contributed by atoms with van der Waals surface area (Å²) < 4.78 is 71.4. The zero-order valence-corrected chi connectivity index (χ0v) is 24.7. The molecule has 0 bridgehead atoms. The SMILES string of the molecule is CNS(=O)(=O)c1cccc(OCC(O)CNC2COC3(CCN(S(=O)(=O)c4ccc(OC(C)C)cc4)CC3)C2)c1. The van der Waals surface area contributed by atoms with Gasteiger partial charge >= 0.3 is 0 Å². The summed E-state index contributed by atoms with van der Waals surface area (Å²) in [6, 6.07) is 12.6. The van der Waals surface area contributed by atoms with Crippen LogP contribution in [0.25, 0.3) is 0 Å². The number of sulfonamides is 2. The first-order valence-corrected chi connectivity index (χ1v) is 16.3. The molecule has 2 fully saturated rings. The average molecular weight is 598 g/mol. The van der Waals surface area contributed by atoms with Crippen LogP contribution in [0.1, 0.15) is 33.1 Å². The van der Waals surface area contributed by atoms with Crippen LogP contribution >= 0.6 is 0 Å². The molecule has 2 atom stereocenters. The zero-order chi connectivity index (χ0) is 29.0. The molecule has 0 saturated carbocycles. The van der Waals surface area contributed by atoms with Crippen molar-refractivity contribution in [1.29, 1.82) is 0 Å². The molecular formula is C27H39N3O8S2. The number of aliphatic hydroxyl groups excluding tert-OH is 1. The topological polar surface area (TPSA) is 144 Å². The Labute approximate surface area is 236 Å². The van der Waals surface area contributed by atoms with Crippen LogP contribution in [-0.4, -0.2) is 90.0 Å². The first-order valence-electron chi connectivity index (χ1n) is 13.4. The molecule has 4 rings (SSSR count). The summed E-state index contributed by atoms with van der Waals surface area (Å²) in [7, 11) is -5.86. The first kappa shape index (κ1) is 30.7. The van der Waals surface area contributed by atoms with Gasteiger partial charge in [0.25, 0.3) is 0 Å². The predicted molar refractivity (Wildman–Crippen MR) is 149 cm³/mol. The normalized spacial score (nSPS) is 20.6. The Morgan fingerprint density at radius 3 is 2.40 bits per heavy atom. The first-order chi connectivity index (χ1) is 18.9. The number of nitrogens with one attached hydrogen (secondary N) is 2. The summed E-state index contributed by atoms with van der Waals surface area (Å²) in [6.45, 7) is 5.32. The molecule has 11 nitrogen and oxygen atoms in total. The fourth-order valence-electron chi connectivity index (χ4n) is 4.97. The van der Waals surface area contributed by atoms with Crippen molar-refractivity contribution in [1.82, 2.24) is 14.3 Å². The molecular weight excluding hydrogens is 558 g/mol. The summed E-state index contributed by atoms with van der Waals surface area (Å²) >= 11 is 0. The maximum Gasteiger partial charge on any atom is 0.243 e. The Kier molecular flexibility index (Phi) is 9.76. The molecule has 0 aromatic heterocycles. The molecule has 2 unspecified atom stereocenters. The van der Waals surface area contributed by atoms with Crippen LogP contribution in [0.4, 0.5) is 0 Å². The maximum absolute atomic E-state index is 13.2. The van der Waals surface area contributed by atoms with Crippen LogP contribution in [0, 0.1) is 0 Å². The molecule has 222 valence electrons. The maximum atomic E-state index is 13.2. The molecule has 0 radical (unpaired) electrons. The Bertz CT molecular complexity index is 1340. The Morgan fingerprint density at radius 1 is 1.05 bits per heavy atom. The van der Waals surface area contributed by atoms with Crippen molar-refractivity contribution < 1.29 is 36.2 Å². The molecule has 0 amide bonds. The van der Waals surface area contributed by atoms with Crippen molar-refractivity contribution in [3.63, 3.8) is 0 Å². The number of piperidine rings is 1. The third-order valence-electron chi connectivity index (χ3n) is 7.15. The summed E-state index contributed by atoms with van der Waals surface area (Å²) in [5.41, 5.74) is -0.390. The quantitative estimate of drug-likeness (QED) is 0.333. The van der Waals surface area contributed by atoms with Gasteiger partial charge in [-0.2, -0.15) is 4.31 Å². The van der Waals surface area contributed by atoms with Gasteiger partial charge in [-0.3, -0.25) is 0 Å². The minimum absolute atomic E-state index is 0.00777. The Morgan fingerprint density at radius 2 is 1.75 bits per heavy atom. The lowest BCUT2D eigenvalue weighted by Crippen LogP contribution is -2.47. The highest BCUT2D eigenvalue weighted by atomic mass is 32.2. The smallest absolute Gasteiger partial charge is 0.243 e. The molecule has 2 heterocycles. The highest BCUT2D eigenvalue weighted by molar-refractivity contribution is 7.89. The minimum atomic E-state index is -3.61. The van der Waals surface area contributed by atoms with E-state index in [4.69, 9.17) is 14.2 Å². The van der Waals surface area contributed by atoms with Crippen molar-refractivity contribution in [3.05, 3.63) is 48.5 Å². The number of rotatable bonds is 12. The highest BCUT2D eigenvalue weighted by Crippen LogP contribution is 2.37. The molecule has 40 heavy (non-hydrogen) atoms. The fourth-order valence-corrected chi connectivity index (χ4v) is 7.18. The lowest BCUT2D eigenvalue weighted by atomic mass is 9.88. The van der Waals surface area contributed by atoms with E-state index in [2.05, 4.69) is 10.0 Å². The van der Waals surface area contributed by atoms with Crippen LogP contribution in [-0.2, 0) is 24.8 Å². The molecule has 2 aliphatic rings. The van der Waals surface area contributed by atoms with Gasteiger partial charge in [0.15, 0.2) is 0 Å². The van der Waals surface area contributed by atoms with E-state index in [1.807, 2.05) is 13.8 Å². The lowest BCUT2D eigenvalue weighted by molar-refractivity contribution is -0.0312. The summed E-state index contributed by atoms with van der Waals surface area (Å²) in [4.78, 5) is 0.333. The van der Waals surface area contributed by atoms with Gasteiger partial charge in [0.1, 0.15) is 24.2 Å². The Balaban J connectivity index is 1.22. The van der Waals surface area contributed by atoms with Crippen LogP contribution in [0.15, 0.2) is 58.3 Å². The van der Waals surface area contributed by atoms with E-state index in [0.29, 0.717) is 44.0 Å². The number of hydrogen-bond donors (Lipinski definition) is 3. The van der Waals surface area contributed by atoms with Crippen molar-refractivity contribution in [2.24, 2.45) is 0 Å². The van der Waals surface area contributed by atoms with E-state index in [1.54, 1.807) is 36.4 Å². The second-order valence-corrected chi connectivity index (χ2v) is 14.3. The number of ether oxygens (including phenoxy) is 3. The van der Waals surface area contributed by atoms with Crippen LogP contribution < -0.4 is 19.5 Å². The van der Waals surface area contributed by atoms with Gasteiger partial charge < -0.3 is 24.6 Å². The summed E-state index contributed by atoms with van der Waals surface area (Å²) in [6.07, 6.45) is 1.11. The Hall–Kier alpha value is -2.26. The molecule has 2 aromatic rings. The van der Waals surface area contributed by atoms with E-state index < -0.39 is 26.2 Å². The number of benzene rings is 2. The average Bonchev–Trinajstić information content (AvgIpc) is 3.33. The van der Waals surface area contributed by atoms with Gasteiger partial charge in [-0.25, -0.2) is 21.6 Å². The predicted octanol–water partition coefficient (Wildman–Crippen LogP) is 1.72. The number of hydrogen-bond acceptors (Lipinski definition) is 9. The molecule has 13 heteroatoms. The van der Waals surface area contributed by atoms with E-state index >= 15 is 0 Å². The minimum Gasteiger partial charge on any atom is -0.491 e. The van der Waals surface area contributed by atoms with Crippen LogP contribution in [0.2, 0.25) is 0 Å².